The number of Topliss-reactive ketones (excluding diaryl/α,β-unsaturated/α-hetero) is 1. The summed E-state index contributed by atoms with van der Waals surface area (Å²) >= 11 is 0. The lowest BCUT2D eigenvalue weighted by atomic mass is 9.67. The Hall–Kier alpha value is -0.890. The number of carbonyl (C=O) groups excluding carboxylic acids is 1. The quantitative estimate of drug-likeness (QED) is 0.714. The van der Waals surface area contributed by atoms with E-state index in [0.29, 0.717) is 6.42 Å². The molecular formula is C20H32O2. The van der Waals surface area contributed by atoms with Crippen molar-refractivity contribution in [1.29, 1.82) is 0 Å². The predicted octanol–water partition coefficient (Wildman–Crippen LogP) is 4.68. The number of hydrogen-bond donors (Lipinski definition) is 1. The van der Waals surface area contributed by atoms with Gasteiger partial charge in [-0.1, -0.05) is 51.5 Å². The maximum atomic E-state index is 12.6. The standard InChI is InChI=1S/C20H32O2/c1-14(2)20(22)12-11-19(5)10-9-15(3)7-6-8-16(4)17(21)13-18(19)20/h6,8-9,14,16,18,22H,7,10-13H2,1-5H3/b8-6-,15-9+/t16-,18-,19+,20-/m1/s1. The van der Waals surface area contributed by atoms with E-state index in [1.807, 2.05) is 13.0 Å². The second-order valence-electron chi connectivity index (χ2n) is 8.20. The highest BCUT2D eigenvalue weighted by Gasteiger charge is 2.55. The van der Waals surface area contributed by atoms with Gasteiger partial charge >= 0.3 is 0 Å². The number of aliphatic hydroxyl groups is 1. The first kappa shape index (κ1) is 17.5. The minimum absolute atomic E-state index is 0.0278. The molecular weight excluding hydrogens is 272 g/mol. The van der Waals surface area contributed by atoms with E-state index in [1.165, 1.54) is 5.57 Å². The summed E-state index contributed by atoms with van der Waals surface area (Å²) in [5.41, 5.74) is 0.682. The first-order valence-corrected chi connectivity index (χ1v) is 8.76. The van der Waals surface area contributed by atoms with Crippen molar-refractivity contribution in [2.45, 2.75) is 72.3 Å². The molecule has 2 aliphatic rings. The van der Waals surface area contributed by atoms with Crippen LogP contribution in [0.5, 0.6) is 0 Å². The first-order valence-electron chi connectivity index (χ1n) is 8.76. The lowest BCUT2D eigenvalue weighted by Gasteiger charge is -2.40. The molecule has 1 fully saturated rings. The summed E-state index contributed by atoms with van der Waals surface area (Å²) in [4.78, 5) is 12.6. The van der Waals surface area contributed by atoms with E-state index >= 15 is 0 Å². The van der Waals surface area contributed by atoms with Crippen LogP contribution >= 0.6 is 0 Å². The van der Waals surface area contributed by atoms with Crippen LogP contribution in [0.15, 0.2) is 23.8 Å². The van der Waals surface area contributed by atoms with Gasteiger partial charge in [-0.15, -0.1) is 0 Å². The maximum Gasteiger partial charge on any atom is 0.139 e. The molecule has 22 heavy (non-hydrogen) atoms. The van der Waals surface area contributed by atoms with E-state index in [2.05, 4.69) is 39.8 Å². The summed E-state index contributed by atoms with van der Waals surface area (Å²) in [6.45, 7) is 10.6. The fourth-order valence-electron chi connectivity index (χ4n) is 4.24. The van der Waals surface area contributed by atoms with Gasteiger partial charge in [-0.05, 0) is 43.9 Å². The molecule has 0 amide bonds. The fraction of sp³-hybridized carbons (Fsp3) is 0.750. The zero-order valence-electron chi connectivity index (χ0n) is 14.9. The molecule has 0 spiro atoms. The molecule has 0 bridgehead atoms. The van der Waals surface area contributed by atoms with Crippen LogP contribution < -0.4 is 0 Å². The van der Waals surface area contributed by atoms with Gasteiger partial charge in [0.15, 0.2) is 0 Å². The third kappa shape index (κ3) is 3.22. The van der Waals surface area contributed by atoms with Gasteiger partial charge in [-0.3, -0.25) is 4.79 Å². The van der Waals surface area contributed by atoms with E-state index in [1.54, 1.807) is 0 Å². The molecule has 0 heterocycles. The summed E-state index contributed by atoms with van der Waals surface area (Å²) in [6.07, 6.45) is 10.7. The van der Waals surface area contributed by atoms with Crippen LogP contribution in [0.4, 0.5) is 0 Å². The van der Waals surface area contributed by atoms with Crippen molar-refractivity contribution in [3.63, 3.8) is 0 Å². The van der Waals surface area contributed by atoms with Crippen molar-refractivity contribution >= 4 is 5.78 Å². The zero-order valence-corrected chi connectivity index (χ0v) is 14.9. The Balaban J connectivity index is 2.40. The van der Waals surface area contributed by atoms with Gasteiger partial charge < -0.3 is 5.11 Å². The smallest absolute Gasteiger partial charge is 0.139 e. The molecule has 0 aliphatic heterocycles. The van der Waals surface area contributed by atoms with Gasteiger partial charge in [0.25, 0.3) is 0 Å². The number of carbonyl (C=O) groups is 1. The molecule has 2 aliphatic carbocycles. The summed E-state index contributed by atoms with van der Waals surface area (Å²) < 4.78 is 0. The van der Waals surface area contributed by atoms with Crippen LogP contribution in [0.2, 0.25) is 0 Å². The Morgan fingerprint density at radius 1 is 1.32 bits per heavy atom. The number of allylic oxidation sites excluding steroid dienone is 4. The molecule has 124 valence electrons. The molecule has 0 unspecified atom stereocenters. The number of hydrogen-bond acceptors (Lipinski definition) is 2. The topological polar surface area (TPSA) is 37.3 Å². The number of fused-ring (bicyclic) bond motifs is 1. The van der Waals surface area contributed by atoms with E-state index in [-0.39, 0.29) is 29.0 Å². The van der Waals surface area contributed by atoms with Gasteiger partial charge in [0.05, 0.1) is 5.60 Å². The molecule has 0 radical (unpaired) electrons. The molecule has 2 rings (SSSR count). The minimum atomic E-state index is -0.705. The van der Waals surface area contributed by atoms with Crippen molar-refractivity contribution in [1.82, 2.24) is 0 Å². The van der Waals surface area contributed by atoms with Crippen molar-refractivity contribution in [2.24, 2.45) is 23.2 Å². The normalized spacial score (nSPS) is 44.1. The summed E-state index contributed by atoms with van der Waals surface area (Å²) in [6, 6.07) is 0. The molecule has 0 aromatic rings. The summed E-state index contributed by atoms with van der Waals surface area (Å²) in [5, 5.41) is 11.3. The highest BCUT2D eigenvalue weighted by molar-refractivity contribution is 5.82. The molecule has 0 aromatic heterocycles. The van der Waals surface area contributed by atoms with E-state index < -0.39 is 5.60 Å². The average Bonchev–Trinajstić information content (AvgIpc) is 2.70. The summed E-state index contributed by atoms with van der Waals surface area (Å²) in [5.74, 6) is 0.471. The number of ketones is 1. The molecule has 0 saturated heterocycles. The van der Waals surface area contributed by atoms with Gasteiger partial charge in [0.2, 0.25) is 0 Å². The van der Waals surface area contributed by atoms with E-state index in [4.69, 9.17) is 0 Å². The van der Waals surface area contributed by atoms with Gasteiger partial charge in [-0.2, -0.15) is 0 Å². The molecule has 1 saturated carbocycles. The second kappa shape index (κ2) is 6.31. The van der Waals surface area contributed by atoms with Gasteiger partial charge in [0, 0.05) is 18.3 Å². The van der Waals surface area contributed by atoms with Crippen molar-refractivity contribution < 1.29 is 9.90 Å². The highest BCUT2D eigenvalue weighted by atomic mass is 16.3. The largest absolute Gasteiger partial charge is 0.389 e. The van der Waals surface area contributed by atoms with Crippen LogP contribution in [-0.4, -0.2) is 16.5 Å². The second-order valence-corrected chi connectivity index (χ2v) is 8.20. The third-order valence-electron chi connectivity index (χ3n) is 6.24. The Morgan fingerprint density at radius 3 is 2.64 bits per heavy atom. The van der Waals surface area contributed by atoms with Crippen LogP contribution in [0.3, 0.4) is 0 Å². The average molecular weight is 304 g/mol. The lowest BCUT2D eigenvalue weighted by molar-refractivity contribution is -0.128. The monoisotopic (exact) mass is 304 g/mol. The van der Waals surface area contributed by atoms with E-state index in [9.17, 15) is 9.90 Å². The Bertz CT molecular complexity index is 488. The van der Waals surface area contributed by atoms with Crippen molar-refractivity contribution in [3.05, 3.63) is 23.8 Å². The zero-order chi connectivity index (χ0) is 16.5. The Kier molecular flexibility index (Phi) is 5.01. The highest BCUT2D eigenvalue weighted by Crippen LogP contribution is 2.56. The molecule has 1 N–H and O–H groups in total. The van der Waals surface area contributed by atoms with Crippen LogP contribution in [0.25, 0.3) is 0 Å². The lowest BCUT2D eigenvalue weighted by Crippen LogP contribution is -2.44. The fourth-order valence-corrected chi connectivity index (χ4v) is 4.24. The third-order valence-corrected chi connectivity index (χ3v) is 6.24. The van der Waals surface area contributed by atoms with E-state index in [0.717, 1.165) is 25.7 Å². The van der Waals surface area contributed by atoms with Crippen molar-refractivity contribution in [3.8, 4) is 0 Å². The summed E-state index contributed by atoms with van der Waals surface area (Å²) in [7, 11) is 0. The first-order chi connectivity index (χ1) is 10.2. The number of rotatable bonds is 1. The molecule has 0 aromatic carbocycles. The predicted molar refractivity (Wildman–Crippen MR) is 91.5 cm³/mol. The van der Waals surface area contributed by atoms with Crippen molar-refractivity contribution in [2.75, 3.05) is 0 Å². The molecule has 4 atom stereocenters. The van der Waals surface area contributed by atoms with Crippen LogP contribution in [-0.2, 0) is 4.79 Å². The van der Waals surface area contributed by atoms with Crippen LogP contribution in [0, 0.1) is 23.2 Å². The van der Waals surface area contributed by atoms with Crippen LogP contribution in [0.1, 0.15) is 66.7 Å². The Labute approximate surface area is 135 Å². The Morgan fingerprint density at radius 2 is 2.00 bits per heavy atom. The SMILES string of the molecule is C/C1=C\C[C@@]2(C)CC[C@@](O)(C(C)C)[C@@H]2CC(=O)[C@H](C)/C=C\C1. The maximum absolute atomic E-state index is 12.6. The van der Waals surface area contributed by atoms with Gasteiger partial charge in [-0.25, -0.2) is 0 Å². The molecule has 2 heteroatoms. The molecule has 2 nitrogen and oxygen atoms in total. The minimum Gasteiger partial charge on any atom is -0.389 e. The van der Waals surface area contributed by atoms with Gasteiger partial charge in [0.1, 0.15) is 5.78 Å².